The minimum absolute atomic E-state index is 0.0772. The second-order valence-electron chi connectivity index (χ2n) is 4.83. The molecule has 0 unspecified atom stereocenters. The quantitative estimate of drug-likeness (QED) is 0.864. The van der Waals surface area contributed by atoms with Crippen LogP contribution in [-0.2, 0) is 0 Å². The molecular formula is C14H17FN2O. The van der Waals surface area contributed by atoms with Crippen LogP contribution in [0, 0.1) is 23.1 Å². The molecule has 18 heavy (non-hydrogen) atoms. The van der Waals surface area contributed by atoms with Crippen molar-refractivity contribution in [1.29, 1.82) is 5.26 Å². The fourth-order valence-electron chi connectivity index (χ4n) is 2.39. The summed E-state index contributed by atoms with van der Waals surface area (Å²) in [7, 11) is 0. The highest BCUT2D eigenvalue weighted by molar-refractivity contribution is 5.57. The predicted molar refractivity (Wildman–Crippen MR) is 67.6 cm³/mol. The molecule has 2 N–H and O–H groups in total. The molecule has 96 valence electrons. The number of nitriles is 1. The molecule has 0 saturated heterocycles. The van der Waals surface area contributed by atoms with Crippen molar-refractivity contribution in [2.45, 2.75) is 31.8 Å². The maximum absolute atomic E-state index is 13.4. The number of nitrogens with one attached hydrogen (secondary N) is 1. The van der Waals surface area contributed by atoms with Gasteiger partial charge in [-0.1, -0.05) is 6.07 Å². The number of benzene rings is 1. The van der Waals surface area contributed by atoms with Crippen LogP contribution in [0.3, 0.4) is 0 Å². The van der Waals surface area contributed by atoms with Crippen LogP contribution in [0.1, 0.15) is 31.2 Å². The summed E-state index contributed by atoms with van der Waals surface area (Å²) in [6, 6.07) is 6.50. The van der Waals surface area contributed by atoms with Crippen LogP contribution in [0.15, 0.2) is 18.2 Å². The number of rotatable bonds is 3. The molecule has 0 bridgehead atoms. The van der Waals surface area contributed by atoms with Gasteiger partial charge in [0.05, 0.1) is 11.8 Å². The summed E-state index contributed by atoms with van der Waals surface area (Å²) in [6.45, 7) is 0.727. The molecule has 0 aromatic heterocycles. The Bertz CT molecular complexity index is 448. The van der Waals surface area contributed by atoms with E-state index in [4.69, 9.17) is 5.26 Å². The topological polar surface area (TPSA) is 56.0 Å². The minimum atomic E-state index is -0.485. The molecule has 0 amide bonds. The van der Waals surface area contributed by atoms with Crippen LogP contribution in [0.5, 0.6) is 0 Å². The lowest BCUT2D eigenvalue weighted by Crippen LogP contribution is -2.23. The highest BCUT2D eigenvalue weighted by Gasteiger charge is 2.19. The van der Waals surface area contributed by atoms with Crippen LogP contribution in [0.4, 0.5) is 10.1 Å². The molecule has 2 rings (SSSR count). The maximum Gasteiger partial charge on any atom is 0.143 e. The summed E-state index contributed by atoms with van der Waals surface area (Å²) < 4.78 is 13.4. The minimum Gasteiger partial charge on any atom is -0.393 e. The Balaban J connectivity index is 1.95. The van der Waals surface area contributed by atoms with Crippen molar-refractivity contribution in [3.05, 3.63) is 29.6 Å². The second kappa shape index (κ2) is 5.83. The van der Waals surface area contributed by atoms with Crippen LogP contribution in [-0.4, -0.2) is 17.8 Å². The van der Waals surface area contributed by atoms with Crippen LogP contribution >= 0.6 is 0 Å². The van der Waals surface area contributed by atoms with E-state index in [1.165, 1.54) is 6.07 Å². The zero-order valence-electron chi connectivity index (χ0n) is 10.2. The summed E-state index contributed by atoms with van der Waals surface area (Å²) in [5.41, 5.74) is 0.636. The average Bonchev–Trinajstić information content (AvgIpc) is 2.38. The van der Waals surface area contributed by atoms with Crippen molar-refractivity contribution in [3.8, 4) is 6.07 Å². The Morgan fingerprint density at radius 2 is 2.06 bits per heavy atom. The average molecular weight is 248 g/mol. The Labute approximate surface area is 106 Å². The van der Waals surface area contributed by atoms with E-state index in [9.17, 15) is 9.50 Å². The first kappa shape index (κ1) is 12.8. The Hall–Kier alpha value is -1.60. The molecule has 0 spiro atoms. The van der Waals surface area contributed by atoms with Gasteiger partial charge in [0.25, 0.3) is 0 Å². The van der Waals surface area contributed by atoms with Gasteiger partial charge >= 0.3 is 0 Å². The van der Waals surface area contributed by atoms with E-state index in [2.05, 4.69) is 5.32 Å². The standard InChI is InChI=1S/C14H17FN2O/c15-13-2-1-3-14(12(13)8-16)17-9-10-4-6-11(18)7-5-10/h1-3,10-11,17-18H,4-7,9H2. The number of anilines is 1. The van der Waals surface area contributed by atoms with Crippen LogP contribution in [0.25, 0.3) is 0 Å². The third-order valence-electron chi connectivity index (χ3n) is 3.52. The molecule has 1 aliphatic rings. The van der Waals surface area contributed by atoms with E-state index < -0.39 is 5.82 Å². The molecule has 0 heterocycles. The van der Waals surface area contributed by atoms with Gasteiger partial charge in [-0.15, -0.1) is 0 Å². The predicted octanol–water partition coefficient (Wildman–Crippen LogP) is 2.66. The summed E-state index contributed by atoms with van der Waals surface area (Å²) in [6.07, 6.45) is 3.46. The maximum atomic E-state index is 13.4. The summed E-state index contributed by atoms with van der Waals surface area (Å²) in [5, 5.41) is 21.5. The lowest BCUT2D eigenvalue weighted by Gasteiger charge is -2.26. The van der Waals surface area contributed by atoms with E-state index in [1.807, 2.05) is 6.07 Å². The van der Waals surface area contributed by atoms with Gasteiger partial charge in [-0.25, -0.2) is 4.39 Å². The fourth-order valence-corrected chi connectivity index (χ4v) is 2.39. The highest BCUT2D eigenvalue weighted by Crippen LogP contribution is 2.25. The van der Waals surface area contributed by atoms with Gasteiger partial charge in [-0.2, -0.15) is 5.26 Å². The molecule has 4 heteroatoms. The lowest BCUT2D eigenvalue weighted by atomic mass is 9.87. The van der Waals surface area contributed by atoms with Gasteiger partial charge in [-0.05, 0) is 43.7 Å². The van der Waals surface area contributed by atoms with Gasteiger partial charge < -0.3 is 10.4 Å². The lowest BCUT2D eigenvalue weighted by molar-refractivity contribution is 0.111. The van der Waals surface area contributed by atoms with Crippen LogP contribution in [0.2, 0.25) is 0 Å². The SMILES string of the molecule is N#Cc1c(F)cccc1NCC1CCC(O)CC1. The molecule has 1 saturated carbocycles. The third-order valence-corrected chi connectivity index (χ3v) is 3.52. The van der Waals surface area contributed by atoms with Gasteiger partial charge in [0.15, 0.2) is 0 Å². The number of nitrogens with zero attached hydrogens (tertiary/aromatic N) is 1. The van der Waals surface area contributed by atoms with Crippen LogP contribution < -0.4 is 5.32 Å². The zero-order chi connectivity index (χ0) is 13.0. The van der Waals surface area contributed by atoms with Gasteiger partial charge in [0, 0.05) is 6.54 Å². The number of hydrogen-bond acceptors (Lipinski definition) is 3. The molecule has 0 aliphatic heterocycles. The normalized spacial score (nSPS) is 23.4. The van der Waals surface area contributed by atoms with Crippen molar-refractivity contribution in [2.75, 3.05) is 11.9 Å². The van der Waals surface area contributed by atoms with E-state index in [1.54, 1.807) is 12.1 Å². The molecule has 0 radical (unpaired) electrons. The van der Waals surface area contributed by atoms with Crippen molar-refractivity contribution < 1.29 is 9.50 Å². The van der Waals surface area contributed by atoms with Crippen molar-refractivity contribution in [2.24, 2.45) is 5.92 Å². The van der Waals surface area contributed by atoms with E-state index in [0.29, 0.717) is 11.6 Å². The smallest absolute Gasteiger partial charge is 0.143 e. The number of aliphatic hydroxyl groups is 1. The van der Waals surface area contributed by atoms with Crippen molar-refractivity contribution >= 4 is 5.69 Å². The molecule has 1 aliphatic carbocycles. The second-order valence-corrected chi connectivity index (χ2v) is 4.83. The fraction of sp³-hybridized carbons (Fsp3) is 0.500. The highest BCUT2D eigenvalue weighted by atomic mass is 19.1. The van der Waals surface area contributed by atoms with E-state index in [0.717, 1.165) is 32.2 Å². The summed E-state index contributed by atoms with van der Waals surface area (Å²) >= 11 is 0. The number of halogens is 1. The Morgan fingerprint density at radius 1 is 1.33 bits per heavy atom. The van der Waals surface area contributed by atoms with Gasteiger partial charge in [-0.3, -0.25) is 0 Å². The molecular weight excluding hydrogens is 231 g/mol. The molecule has 3 nitrogen and oxygen atoms in total. The first-order chi connectivity index (χ1) is 8.70. The molecule has 0 atom stereocenters. The molecule has 1 aromatic rings. The first-order valence-electron chi connectivity index (χ1n) is 6.31. The number of hydrogen-bond donors (Lipinski definition) is 2. The molecule has 1 aromatic carbocycles. The Kier molecular flexibility index (Phi) is 4.16. The summed E-state index contributed by atoms with van der Waals surface area (Å²) in [4.78, 5) is 0. The van der Waals surface area contributed by atoms with Crippen molar-refractivity contribution in [3.63, 3.8) is 0 Å². The summed E-state index contributed by atoms with van der Waals surface area (Å²) in [5.74, 6) is 0.00442. The largest absolute Gasteiger partial charge is 0.393 e. The molecule has 1 fully saturated rings. The monoisotopic (exact) mass is 248 g/mol. The number of aliphatic hydroxyl groups excluding tert-OH is 1. The van der Waals surface area contributed by atoms with E-state index in [-0.39, 0.29) is 11.7 Å². The first-order valence-corrected chi connectivity index (χ1v) is 6.31. The van der Waals surface area contributed by atoms with Crippen molar-refractivity contribution in [1.82, 2.24) is 0 Å². The van der Waals surface area contributed by atoms with Gasteiger partial charge in [0.2, 0.25) is 0 Å². The third kappa shape index (κ3) is 2.99. The van der Waals surface area contributed by atoms with E-state index >= 15 is 0 Å². The Morgan fingerprint density at radius 3 is 2.72 bits per heavy atom. The van der Waals surface area contributed by atoms with Gasteiger partial charge in [0.1, 0.15) is 17.4 Å². The zero-order valence-corrected chi connectivity index (χ0v) is 10.2.